The first-order valence-electron chi connectivity index (χ1n) is 7.06. The molecule has 0 saturated carbocycles. The lowest BCUT2D eigenvalue weighted by atomic mass is 9.79. The predicted molar refractivity (Wildman–Crippen MR) is 82.9 cm³/mol. The van der Waals surface area contributed by atoms with E-state index in [0.717, 1.165) is 4.90 Å². The minimum absolute atomic E-state index is 0.132. The predicted octanol–water partition coefficient (Wildman–Crippen LogP) is 2.33. The SMILES string of the molecule is COC(=O)N(C)c1ccc(B2OC(C)(C)C(C)(C)O2)cc1F. The van der Waals surface area contributed by atoms with Crippen LogP contribution in [-0.4, -0.2) is 38.6 Å². The van der Waals surface area contributed by atoms with E-state index in [2.05, 4.69) is 4.74 Å². The molecular formula is C15H21BFNO4. The van der Waals surface area contributed by atoms with Crippen LogP contribution in [0.3, 0.4) is 0 Å². The van der Waals surface area contributed by atoms with Crippen molar-refractivity contribution in [1.82, 2.24) is 0 Å². The summed E-state index contributed by atoms with van der Waals surface area (Å²) in [5.74, 6) is -0.542. The summed E-state index contributed by atoms with van der Waals surface area (Å²) in [7, 11) is 2.05. The molecule has 0 N–H and O–H groups in total. The van der Waals surface area contributed by atoms with Crippen molar-refractivity contribution >= 4 is 24.4 Å². The van der Waals surface area contributed by atoms with E-state index >= 15 is 0 Å². The number of ether oxygens (including phenoxy) is 1. The summed E-state index contributed by atoms with van der Waals surface area (Å²) < 4.78 is 30.6. The molecule has 1 aromatic carbocycles. The summed E-state index contributed by atoms with van der Waals surface area (Å²) in [6.45, 7) is 7.73. The summed E-state index contributed by atoms with van der Waals surface area (Å²) in [6, 6.07) is 4.50. The first-order chi connectivity index (χ1) is 10.1. The van der Waals surface area contributed by atoms with E-state index in [1.807, 2.05) is 27.7 Å². The molecule has 0 spiro atoms. The third-order valence-corrected chi connectivity index (χ3v) is 4.31. The second-order valence-corrected chi connectivity index (χ2v) is 6.33. The standard InChI is InChI=1S/C15H21BFNO4/c1-14(2)15(3,4)22-16(21-14)10-7-8-12(11(17)9-10)18(5)13(19)20-6/h7-9H,1-6H3. The third kappa shape index (κ3) is 2.83. The smallest absolute Gasteiger partial charge is 0.452 e. The highest BCUT2D eigenvalue weighted by molar-refractivity contribution is 6.62. The molecule has 1 amide bonds. The zero-order chi connectivity index (χ0) is 16.7. The average Bonchev–Trinajstić information content (AvgIpc) is 2.65. The highest BCUT2D eigenvalue weighted by atomic mass is 19.1. The molecule has 0 atom stereocenters. The molecular weight excluding hydrogens is 288 g/mol. The van der Waals surface area contributed by atoms with E-state index in [1.54, 1.807) is 6.07 Å². The second kappa shape index (κ2) is 5.55. The van der Waals surface area contributed by atoms with Crippen LogP contribution < -0.4 is 10.4 Å². The van der Waals surface area contributed by atoms with Crippen molar-refractivity contribution in [3.8, 4) is 0 Å². The van der Waals surface area contributed by atoms with Crippen LogP contribution in [0.4, 0.5) is 14.9 Å². The van der Waals surface area contributed by atoms with Crippen molar-refractivity contribution in [1.29, 1.82) is 0 Å². The van der Waals surface area contributed by atoms with Crippen LogP contribution in [-0.2, 0) is 14.0 Å². The van der Waals surface area contributed by atoms with E-state index in [9.17, 15) is 9.18 Å². The number of nitrogens with zero attached hydrogens (tertiary/aromatic N) is 1. The fourth-order valence-corrected chi connectivity index (χ4v) is 2.16. The Labute approximate surface area is 130 Å². The minimum Gasteiger partial charge on any atom is -0.452 e. The van der Waals surface area contributed by atoms with Crippen LogP contribution in [0.15, 0.2) is 18.2 Å². The Bertz CT molecular complexity index is 575. The molecule has 0 aliphatic carbocycles. The van der Waals surface area contributed by atoms with Gasteiger partial charge in [-0.25, -0.2) is 9.18 Å². The summed E-state index contributed by atoms with van der Waals surface area (Å²) in [6.07, 6.45) is -0.637. The van der Waals surface area contributed by atoms with Crippen molar-refractivity contribution < 1.29 is 23.2 Å². The van der Waals surface area contributed by atoms with Crippen LogP contribution in [0.2, 0.25) is 0 Å². The van der Waals surface area contributed by atoms with Crippen molar-refractivity contribution in [3.63, 3.8) is 0 Å². The zero-order valence-electron chi connectivity index (χ0n) is 13.8. The first kappa shape index (κ1) is 16.8. The lowest BCUT2D eigenvalue weighted by Gasteiger charge is -2.32. The van der Waals surface area contributed by atoms with E-state index in [-0.39, 0.29) is 5.69 Å². The number of methoxy groups -OCH3 is 1. The van der Waals surface area contributed by atoms with Gasteiger partial charge < -0.3 is 14.0 Å². The molecule has 2 rings (SSSR count). The molecule has 1 heterocycles. The van der Waals surface area contributed by atoms with Gasteiger partial charge in [-0.15, -0.1) is 0 Å². The highest BCUT2D eigenvalue weighted by Crippen LogP contribution is 2.36. The molecule has 1 fully saturated rings. The van der Waals surface area contributed by atoms with Crippen molar-refractivity contribution in [3.05, 3.63) is 24.0 Å². The Morgan fingerprint density at radius 1 is 1.23 bits per heavy atom. The van der Waals surface area contributed by atoms with Gasteiger partial charge in [-0.1, -0.05) is 6.07 Å². The summed E-state index contributed by atoms with van der Waals surface area (Å²) in [4.78, 5) is 12.6. The van der Waals surface area contributed by atoms with Crippen molar-refractivity contribution in [2.24, 2.45) is 0 Å². The van der Waals surface area contributed by atoms with Crippen molar-refractivity contribution in [2.75, 3.05) is 19.1 Å². The monoisotopic (exact) mass is 309 g/mol. The Balaban J connectivity index is 2.26. The molecule has 0 aromatic heterocycles. The Morgan fingerprint density at radius 3 is 2.23 bits per heavy atom. The third-order valence-electron chi connectivity index (χ3n) is 4.31. The van der Waals surface area contributed by atoms with Crippen LogP contribution in [0.1, 0.15) is 27.7 Å². The lowest BCUT2D eigenvalue weighted by Crippen LogP contribution is -2.41. The van der Waals surface area contributed by atoms with Gasteiger partial charge in [0.2, 0.25) is 0 Å². The zero-order valence-corrected chi connectivity index (χ0v) is 13.8. The Kier molecular flexibility index (Phi) is 4.23. The number of carbonyl (C=O) groups is 1. The average molecular weight is 309 g/mol. The van der Waals surface area contributed by atoms with Gasteiger partial charge in [0.1, 0.15) is 5.82 Å². The molecule has 1 saturated heterocycles. The van der Waals surface area contributed by atoms with Crippen LogP contribution >= 0.6 is 0 Å². The molecule has 0 unspecified atom stereocenters. The highest BCUT2D eigenvalue weighted by Gasteiger charge is 2.51. The van der Waals surface area contributed by atoms with Gasteiger partial charge >= 0.3 is 13.2 Å². The molecule has 1 aromatic rings. The molecule has 7 heteroatoms. The van der Waals surface area contributed by atoms with Gasteiger partial charge in [0.25, 0.3) is 0 Å². The van der Waals surface area contributed by atoms with E-state index in [0.29, 0.717) is 5.46 Å². The number of amides is 1. The van der Waals surface area contributed by atoms with Gasteiger partial charge in [-0.3, -0.25) is 4.90 Å². The number of rotatable bonds is 2. The fourth-order valence-electron chi connectivity index (χ4n) is 2.16. The van der Waals surface area contributed by atoms with E-state index in [4.69, 9.17) is 9.31 Å². The first-order valence-corrected chi connectivity index (χ1v) is 7.06. The van der Waals surface area contributed by atoms with Gasteiger partial charge in [0, 0.05) is 7.05 Å². The van der Waals surface area contributed by atoms with Gasteiger partial charge in [-0.05, 0) is 45.3 Å². The number of carbonyl (C=O) groups excluding carboxylic acids is 1. The maximum absolute atomic E-state index is 14.3. The molecule has 0 radical (unpaired) electrons. The van der Waals surface area contributed by atoms with Gasteiger partial charge in [0.05, 0.1) is 24.0 Å². The summed E-state index contributed by atoms with van der Waals surface area (Å²) >= 11 is 0. The fraction of sp³-hybridized carbons (Fsp3) is 0.533. The van der Waals surface area contributed by atoms with Crippen LogP contribution in [0, 0.1) is 5.82 Å². The summed E-state index contributed by atoms with van der Waals surface area (Å²) in [5, 5.41) is 0. The number of halogens is 1. The topological polar surface area (TPSA) is 48.0 Å². The maximum Gasteiger partial charge on any atom is 0.494 e. The largest absolute Gasteiger partial charge is 0.494 e. The van der Waals surface area contributed by atoms with E-state index in [1.165, 1.54) is 26.3 Å². The molecule has 0 bridgehead atoms. The molecule has 5 nitrogen and oxygen atoms in total. The maximum atomic E-state index is 14.3. The Hall–Kier alpha value is -1.60. The molecule has 1 aliphatic heterocycles. The molecule has 120 valence electrons. The number of anilines is 1. The molecule has 22 heavy (non-hydrogen) atoms. The quantitative estimate of drug-likeness (QED) is 0.787. The van der Waals surface area contributed by atoms with E-state index < -0.39 is 30.2 Å². The normalized spacial score (nSPS) is 19.1. The number of hydrogen-bond donors (Lipinski definition) is 0. The number of hydrogen-bond acceptors (Lipinski definition) is 4. The minimum atomic E-state index is -0.642. The Morgan fingerprint density at radius 2 is 1.77 bits per heavy atom. The number of benzene rings is 1. The molecule has 1 aliphatic rings. The summed E-state index contributed by atoms with van der Waals surface area (Å²) in [5.41, 5.74) is -0.282. The lowest BCUT2D eigenvalue weighted by molar-refractivity contribution is 0.00578. The van der Waals surface area contributed by atoms with Crippen molar-refractivity contribution in [2.45, 2.75) is 38.9 Å². The van der Waals surface area contributed by atoms with Crippen LogP contribution in [0.25, 0.3) is 0 Å². The van der Waals surface area contributed by atoms with Gasteiger partial charge in [-0.2, -0.15) is 0 Å². The second-order valence-electron chi connectivity index (χ2n) is 6.33. The van der Waals surface area contributed by atoms with Gasteiger partial charge in [0.15, 0.2) is 0 Å². The van der Waals surface area contributed by atoms with Crippen LogP contribution in [0.5, 0.6) is 0 Å².